The molecule has 0 bridgehead atoms. The number of amidine groups is 2. The van der Waals surface area contributed by atoms with E-state index in [1.807, 2.05) is 4.90 Å². The second-order valence-electron chi connectivity index (χ2n) is 9.41. The van der Waals surface area contributed by atoms with Gasteiger partial charge in [0.1, 0.15) is 17.7 Å². The van der Waals surface area contributed by atoms with Gasteiger partial charge in [0.2, 0.25) is 10.0 Å². The number of hydrogen-bond acceptors (Lipinski definition) is 7. The number of benzene rings is 3. The van der Waals surface area contributed by atoms with Gasteiger partial charge in [0.25, 0.3) is 0 Å². The van der Waals surface area contributed by atoms with E-state index in [1.54, 1.807) is 62.4 Å². The van der Waals surface area contributed by atoms with Crippen molar-refractivity contribution in [3.63, 3.8) is 0 Å². The van der Waals surface area contributed by atoms with Crippen LogP contribution in [-0.2, 0) is 20.5 Å². The Morgan fingerprint density at radius 2 is 1.67 bits per heavy atom. The summed E-state index contributed by atoms with van der Waals surface area (Å²) in [4.78, 5) is 14.8. The van der Waals surface area contributed by atoms with Crippen molar-refractivity contribution < 1.29 is 22.7 Å². The first kappa shape index (κ1) is 27.9. The van der Waals surface area contributed by atoms with Crippen LogP contribution in [0.1, 0.15) is 37.8 Å². The van der Waals surface area contributed by atoms with Crippen LogP contribution >= 0.6 is 0 Å². The number of hydrogen-bond donors (Lipinski definition) is 3. The maximum Gasteiger partial charge on any atom is 0.428 e. The average molecular weight is 552 g/mol. The minimum Gasteiger partial charge on any atom is -0.490 e. The quantitative estimate of drug-likeness (QED) is 0.276. The summed E-state index contributed by atoms with van der Waals surface area (Å²) in [7, 11) is -4.16. The molecule has 0 atom stereocenters. The molecule has 1 aliphatic heterocycles. The number of nitrogens with two attached hydrogens (primary N) is 1. The van der Waals surface area contributed by atoms with E-state index in [-0.39, 0.29) is 24.2 Å². The third-order valence-electron chi connectivity index (χ3n) is 6.57. The molecule has 11 heteroatoms. The third-order valence-corrected chi connectivity index (χ3v) is 8.18. The molecule has 0 unspecified atom stereocenters. The molecule has 1 amide bonds. The number of nitrogens with one attached hydrogen (secondary N) is 2. The summed E-state index contributed by atoms with van der Waals surface area (Å²) < 4.78 is 38.9. The molecule has 1 aliphatic rings. The van der Waals surface area contributed by atoms with Crippen LogP contribution in [0.2, 0.25) is 0 Å². The first-order valence-corrected chi connectivity index (χ1v) is 14.3. The van der Waals surface area contributed by atoms with Crippen LogP contribution in [0.25, 0.3) is 10.8 Å². The Hall–Kier alpha value is -4.12. The number of carbonyl (C=O) groups excluding carboxylic acids is 1. The standard InChI is InChI=1S/C28H33N5O5S/c1-3-37-28(34)33(24-8-10-25(11-9-24)38-26-12-14-32(15-13-26)19(2)29)39(35,36)18-20-4-5-22-17-23(27(30)31)7-6-21(22)16-20/h4-11,16-17,26,29H,3,12-15,18H2,1-2H3,(H3,30,31). The van der Waals surface area contributed by atoms with E-state index >= 15 is 0 Å². The topological polar surface area (TPSA) is 150 Å². The molecule has 4 rings (SSSR count). The van der Waals surface area contributed by atoms with Gasteiger partial charge in [0.15, 0.2) is 0 Å². The van der Waals surface area contributed by atoms with Crippen LogP contribution in [0.15, 0.2) is 60.7 Å². The van der Waals surface area contributed by atoms with Gasteiger partial charge in [0, 0.05) is 31.5 Å². The summed E-state index contributed by atoms with van der Waals surface area (Å²) in [5.41, 5.74) is 6.80. The predicted octanol–water partition coefficient (Wildman–Crippen LogP) is 4.46. The molecule has 10 nitrogen and oxygen atoms in total. The highest BCUT2D eigenvalue weighted by Gasteiger charge is 2.31. The van der Waals surface area contributed by atoms with Gasteiger partial charge in [-0.1, -0.05) is 30.3 Å². The van der Waals surface area contributed by atoms with Crippen molar-refractivity contribution in [1.82, 2.24) is 4.90 Å². The number of ether oxygens (including phenoxy) is 2. The molecule has 39 heavy (non-hydrogen) atoms. The monoisotopic (exact) mass is 551 g/mol. The number of rotatable bonds is 8. The fourth-order valence-corrected chi connectivity index (χ4v) is 6.00. The molecular formula is C28H33N5O5S. The molecule has 3 aromatic carbocycles. The van der Waals surface area contributed by atoms with Gasteiger partial charge in [-0.05, 0) is 60.5 Å². The smallest absolute Gasteiger partial charge is 0.428 e. The summed E-state index contributed by atoms with van der Waals surface area (Å²) in [5, 5.41) is 17.0. The lowest BCUT2D eigenvalue weighted by Gasteiger charge is -2.32. The molecule has 1 saturated heterocycles. The lowest BCUT2D eigenvalue weighted by molar-refractivity contribution is 0.130. The van der Waals surface area contributed by atoms with Crippen molar-refractivity contribution >= 4 is 44.2 Å². The summed E-state index contributed by atoms with van der Waals surface area (Å²) in [6.45, 7) is 4.91. The van der Waals surface area contributed by atoms with Crippen LogP contribution in [0.4, 0.5) is 10.5 Å². The first-order chi connectivity index (χ1) is 18.6. The molecule has 3 aromatic rings. The van der Waals surface area contributed by atoms with Crippen LogP contribution < -0.4 is 14.8 Å². The number of sulfonamides is 1. The number of anilines is 1. The fourth-order valence-electron chi connectivity index (χ4n) is 4.55. The molecule has 1 fully saturated rings. The van der Waals surface area contributed by atoms with Gasteiger partial charge >= 0.3 is 6.09 Å². The molecule has 0 saturated carbocycles. The van der Waals surface area contributed by atoms with Gasteiger partial charge in [-0.3, -0.25) is 10.8 Å². The highest BCUT2D eigenvalue weighted by molar-refractivity contribution is 7.92. The molecule has 1 heterocycles. The van der Waals surface area contributed by atoms with Gasteiger partial charge in [-0.15, -0.1) is 0 Å². The van der Waals surface area contributed by atoms with E-state index in [0.29, 0.717) is 27.0 Å². The Kier molecular flexibility index (Phi) is 8.39. The molecule has 0 spiro atoms. The number of piperidine rings is 1. The van der Waals surface area contributed by atoms with Gasteiger partial charge in [-0.25, -0.2) is 13.2 Å². The van der Waals surface area contributed by atoms with E-state index in [0.717, 1.165) is 36.7 Å². The SMILES string of the molecule is CCOC(=O)N(c1ccc(OC2CCN(C(C)=N)CC2)cc1)S(=O)(=O)Cc1ccc2cc(C(=N)N)ccc2c1. The molecule has 0 aromatic heterocycles. The number of nitrogens with zero attached hydrogens (tertiary/aromatic N) is 2. The number of nitrogen functional groups attached to an aromatic ring is 1. The zero-order valence-corrected chi connectivity index (χ0v) is 22.8. The number of likely N-dealkylation sites (tertiary alicyclic amines) is 1. The largest absolute Gasteiger partial charge is 0.490 e. The van der Waals surface area contributed by atoms with Crippen molar-refractivity contribution in [2.75, 3.05) is 24.0 Å². The van der Waals surface area contributed by atoms with Crippen molar-refractivity contribution in [3.05, 3.63) is 71.8 Å². The molecule has 0 radical (unpaired) electrons. The van der Waals surface area contributed by atoms with Gasteiger partial charge in [-0.2, -0.15) is 4.31 Å². The molecule has 4 N–H and O–H groups in total. The third kappa shape index (κ3) is 6.66. The first-order valence-electron chi connectivity index (χ1n) is 12.7. The normalized spacial score (nSPS) is 14.2. The number of carbonyl (C=O) groups is 1. The summed E-state index contributed by atoms with van der Waals surface area (Å²) >= 11 is 0. The summed E-state index contributed by atoms with van der Waals surface area (Å²) in [6, 6.07) is 16.8. The number of amides is 1. The fraction of sp³-hybridized carbons (Fsp3) is 0.321. The van der Waals surface area contributed by atoms with Crippen molar-refractivity contribution in [2.24, 2.45) is 5.73 Å². The van der Waals surface area contributed by atoms with Crippen molar-refractivity contribution in [2.45, 2.75) is 38.5 Å². The highest BCUT2D eigenvalue weighted by Crippen LogP contribution is 2.27. The predicted molar refractivity (Wildman–Crippen MR) is 152 cm³/mol. The minimum atomic E-state index is -4.16. The summed E-state index contributed by atoms with van der Waals surface area (Å²) in [5.74, 6) is 0.654. The van der Waals surface area contributed by atoms with Crippen LogP contribution in [0.5, 0.6) is 5.75 Å². The Morgan fingerprint density at radius 3 is 2.28 bits per heavy atom. The van der Waals surface area contributed by atoms with E-state index in [2.05, 4.69) is 0 Å². The van der Waals surface area contributed by atoms with E-state index in [4.69, 9.17) is 26.0 Å². The Morgan fingerprint density at radius 1 is 1.03 bits per heavy atom. The lowest BCUT2D eigenvalue weighted by Crippen LogP contribution is -2.40. The van der Waals surface area contributed by atoms with Crippen molar-refractivity contribution in [3.8, 4) is 5.75 Å². The Labute approximate surface area is 228 Å². The second-order valence-corrected chi connectivity index (χ2v) is 11.2. The second kappa shape index (κ2) is 11.7. The molecular weight excluding hydrogens is 518 g/mol. The van der Waals surface area contributed by atoms with E-state index in [1.165, 1.54) is 12.1 Å². The highest BCUT2D eigenvalue weighted by atomic mass is 32.2. The molecule has 0 aliphatic carbocycles. The minimum absolute atomic E-state index is 0.00391. The Balaban J connectivity index is 1.53. The average Bonchev–Trinajstić information content (AvgIpc) is 2.89. The lowest BCUT2D eigenvalue weighted by atomic mass is 10.0. The van der Waals surface area contributed by atoms with Crippen LogP contribution in [0.3, 0.4) is 0 Å². The number of fused-ring (bicyclic) bond motifs is 1. The van der Waals surface area contributed by atoms with E-state index < -0.39 is 21.9 Å². The Bertz CT molecular complexity index is 1480. The maximum atomic E-state index is 13.5. The van der Waals surface area contributed by atoms with Crippen molar-refractivity contribution in [1.29, 1.82) is 10.8 Å². The zero-order valence-electron chi connectivity index (χ0n) is 22.0. The molecule has 206 valence electrons. The zero-order chi connectivity index (χ0) is 28.2. The van der Waals surface area contributed by atoms with E-state index in [9.17, 15) is 13.2 Å². The van der Waals surface area contributed by atoms with Crippen LogP contribution in [-0.4, -0.2) is 56.9 Å². The maximum absolute atomic E-state index is 13.5. The van der Waals surface area contributed by atoms with Gasteiger partial charge < -0.3 is 20.1 Å². The summed E-state index contributed by atoms with van der Waals surface area (Å²) in [6.07, 6.45) is 0.579. The van der Waals surface area contributed by atoms with Crippen LogP contribution in [0, 0.1) is 10.8 Å². The van der Waals surface area contributed by atoms with Gasteiger partial charge in [0.05, 0.1) is 23.9 Å².